The normalized spacial score (nSPS) is 9.25. The Balaban J connectivity index is 2.77. The lowest BCUT2D eigenvalue weighted by Gasteiger charge is -2.04. The van der Waals surface area contributed by atoms with Crippen molar-refractivity contribution < 1.29 is 4.52 Å². The maximum Gasteiger partial charge on any atom is 0.161 e. The van der Waals surface area contributed by atoms with E-state index < -0.39 is 0 Å². The van der Waals surface area contributed by atoms with Crippen molar-refractivity contribution in [1.29, 1.82) is 0 Å². The highest BCUT2D eigenvalue weighted by molar-refractivity contribution is 5.36. The maximum atomic E-state index is 4.53. The van der Waals surface area contributed by atoms with E-state index in [0.29, 0.717) is 0 Å². The first-order valence-electron chi connectivity index (χ1n) is 2.30. The van der Waals surface area contributed by atoms with Gasteiger partial charge in [0.2, 0.25) is 0 Å². The first kappa shape index (κ1) is 5.15. The van der Waals surface area contributed by atoms with E-state index in [1.165, 1.54) is 0 Å². The van der Waals surface area contributed by atoms with Gasteiger partial charge in [-0.2, -0.15) is 0 Å². The second kappa shape index (κ2) is 1.86. The minimum atomic E-state index is 0.866. The molecule has 1 rings (SSSR count). The molecule has 1 aromatic rings. The predicted molar refractivity (Wildman–Crippen MR) is 29.7 cm³/mol. The van der Waals surface area contributed by atoms with Crippen molar-refractivity contribution in [3.05, 3.63) is 12.5 Å². The van der Waals surface area contributed by atoms with E-state index in [4.69, 9.17) is 0 Å². The molecule has 3 heteroatoms. The molecule has 0 unspecified atom stereocenters. The molecule has 0 amide bonds. The fraction of sp³-hybridized carbons (Fsp3) is 0.400. The molecule has 1 heterocycles. The molecule has 0 saturated carbocycles. The lowest BCUT2D eigenvalue weighted by atomic mass is 10.5. The van der Waals surface area contributed by atoms with Crippen LogP contribution in [0.25, 0.3) is 0 Å². The van der Waals surface area contributed by atoms with Crippen LogP contribution in [0.1, 0.15) is 0 Å². The summed E-state index contributed by atoms with van der Waals surface area (Å²) in [4.78, 5) is 1.87. The highest BCUT2D eigenvalue weighted by Gasteiger charge is 1.94. The molecule has 8 heavy (non-hydrogen) atoms. The second-order valence-electron chi connectivity index (χ2n) is 1.71. The van der Waals surface area contributed by atoms with Crippen molar-refractivity contribution in [2.45, 2.75) is 0 Å². The van der Waals surface area contributed by atoms with Gasteiger partial charge in [0, 0.05) is 14.1 Å². The quantitative estimate of drug-likeness (QED) is 0.529. The molecule has 0 aliphatic heterocycles. The Morgan fingerprint density at radius 1 is 1.75 bits per heavy atom. The van der Waals surface area contributed by atoms with Crippen molar-refractivity contribution in [2.24, 2.45) is 0 Å². The van der Waals surface area contributed by atoms with Gasteiger partial charge in [-0.1, -0.05) is 5.16 Å². The first-order valence-corrected chi connectivity index (χ1v) is 2.30. The van der Waals surface area contributed by atoms with Crippen LogP contribution in [0, 0.1) is 6.20 Å². The number of hydrogen-bond acceptors (Lipinski definition) is 3. The lowest BCUT2D eigenvalue weighted by Crippen LogP contribution is -2.06. The Hall–Kier alpha value is -0.990. The molecule has 1 aromatic heterocycles. The topological polar surface area (TPSA) is 29.3 Å². The lowest BCUT2D eigenvalue weighted by molar-refractivity contribution is 0.418. The highest BCUT2D eigenvalue weighted by atomic mass is 16.5. The zero-order chi connectivity index (χ0) is 5.98. The van der Waals surface area contributed by atoms with Gasteiger partial charge in [-0.15, -0.1) is 0 Å². The molecule has 3 nitrogen and oxygen atoms in total. The van der Waals surface area contributed by atoms with Gasteiger partial charge in [-0.05, 0) is 0 Å². The van der Waals surface area contributed by atoms with Crippen molar-refractivity contribution in [1.82, 2.24) is 5.16 Å². The van der Waals surface area contributed by atoms with E-state index in [1.807, 2.05) is 19.0 Å². The summed E-state index contributed by atoms with van der Waals surface area (Å²) >= 11 is 0. The summed E-state index contributed by atoms with van der Waals surface area (Å²) < 4.78 is 4.53. The summed E-state index contributed by atoms with van der Waals surface area (Å²) in [5.74, 6) is 0. The number of nitrogens with zero attached hydrogens (tertiary/aromatic N) is 2. The SMILES string of the molecule is CN(C)c1[c]noc1. The third kappa shape index (κ3) is 0.804. The molecule has 0 saturated heterocycles. The number of aromatic nitrogens is 1. The molecule has 0 bridgehead atoms. The smallest absolute Gasteiger partial charge is 0.161 e. The summed E-state index contributed by atoms with van der Waals surface area (Å²) in [5.41, 5.74) is 0.866. The monoisotopic (exact) mass is 111 g/mol. The van der Waals surface area contributed by atoms with E-state index in [1.54, 1.807) is 6.26 Å². The van der Waals surface area contributed by atoms with Gasteiger partial charge in [0.05, 0.1) is 0 Å². The Bertz CT molecular complexity index is 145. The summed E-state index contributed by atoms with van der Waals surface area (Å²) in [7, 11) is 3.81. The van der Waals surface area contributed by atoms with Gasteiger partial charge in [0.1, 0.15) is 12.0 Å². The summed E-state index contributed by atoms with van der Waals surface area (Å²) in [6.07, 6.45) is 4.19. The molecule has 0 atom stereocenters. The molecule has 0 spiro atoms. The average Bonchev–Trinajstić information content (AvgIpc) is 2.12. The third-order valence-electron chi connectivity index (χ3n) is 0.859. The Labute approximate surface area is 47.9 Å². The van der Waals surface area contributed by atoms with Crippen LogP contribution in [0.5, 0.6) is 0 Å². The number of rotatable bonds is 1. The molecule has 0 aliphatic rings. The molecular weight excluding hydrogens is 104 g/mol. The van der Waals surface area contributed by atoms with Crippen molar-refractivity contribution >= 4 is 5.69 Å². The fourth-order valence-corrected chi connectivity index (χ4v) is 0.381. The fourth-order valence-electron chi connectivity index (χ4n) is 0.381. The Morgan fingerprint density at radius 3 is 2.75 bits per heavy atom. The van der Waals surface area contributed by atoms with Gasteiger partial charge in [-0.3, -0.25) is 0 Å². The Morgan fingerprint density at radius 2 is 2.50 bits per heavy atom. The Kier molecular flexibility index (Phi) is 1.20. The van der Waals surface area contributed by atoms with Crippen LogP contribution in [0.2, 0.25) is 0 Å². The summed E-state index contributed by atoms with van der Waals surface area (Å²) in [6.45, 7) is 0. The molecule has 0 fully saturated rings. The van der Waals surface area contributed by atoms with Gasteiger partial charge < -0.3 is 9.42 Å². The minimum absolute atomic E-state index is 0.866. The average molecular weight is 111 g/mol. The zero-order valence-corrected chi connectivity index (χ0v) is 4.88. The van der Waals surface area contributed by atoms with Crippen LogP contribution in [0.15, 0.2) is 10.8 Å². The van der Waals surface area contributed by atoms with Gasteiger partial charge in [0.25, 0.3) is 0 Å². The van der Waals surface area contributed by atoms with E-state index in [2.05, 4.69) is 15.9 Å². The second-order valence-corrected chi connectivity index (χ2v) is 1.71. The molecular formula is C5H7N2O. The van der Waals surface area contributed by atoms with Crippen molar-refractivity contribution in [3.8, 4) is 0 Å². The molecule has 0 aliphatic carbocycles. The third-order valence-corrected chi connectivity index (χ3v) is 0.859. The first-order chi connectivity index (χ1) is 3.80. The summed E-state index contributed by atoms with van der Waals surface area (Å²) in [6, 6.07) is 0. The van der Waals surface area contributed by atoms with Crippen LogP contribution < -0.4 is 4.90 Å². The van der Waals surface area contributed by atoms with Crippen LogP contribution in [-0.2, 0) is 0 Å². The molecule has 0 N–H and O–H groups in total. The highest BCUT2D eigenvalue weighted by Crippen LogP contribution is 2.04. The summed E-state index contributed by atoms with van der Waals surface area (Å²) in [5, 5.41) is 3.40. The van der Waals surface area contributed by atoms with Gasteiger partial charge >= 0.3 is 0 Å². The van der Waals surface area contributed by atoms with E-state index in [9.17, 15) is 0 Å². The van der Waals surface area contributed by atoms with E-state index in [0.717, 1.165) is 5.69 Å². The predicted octanol–water partition coefficient (Wildman–Crippen LogP) is 0.541. The molecule has 0 aromatic carbocycles. The van der Waals surface area contributed by atoms with Crippen molar-refractivity contribution in [3.63, 3.8) is 0 Å². The van der Waals surface area contributed by atoms with Gasteiger partial charge in [-0.25, -0.2) is 0 Å². The van der Waals surface area contributed by atoms with E-state index >= 15 is 0 Å². The van der Waals surface area contributed by atoms with Crippen molar-refractivity contribution in [2.75, 3.05) is 19.0 Å². The van der Waals surface area contributed by atoms with Crippen LogP contribution in [0.3, 0.4) is 0 Å². The number of anilines is 1. The van der Waals surface area contributed by atoms with Crippen LogP contribution in [-0.4, -0.2) is 19.3 Å². The number of hydrogen-bond donors (Lipinski definition) is 0. The van der Waals surface area contributed by atoms with Crippen LogP contribution in [0.4, 0.5) is 5.69 Å². The van der Waals surface area contributed by atoms with Crippen LogP contribution >= 0.6 is 0 Å². The minimum Gasteiger partial charge on any atom is -0.373 e. The zero-order valence-electron chi connectivity index (χ0n) is 4.88. The maximum absolute atomic E-state index is 4.53. The standard InChI is InChI=1S/C5H7N2O/c1-7(2)5-3-6-8-4-5/h4H,1-2H3. The largest absolute Gasteiger partial charge is 0.373 e. The van der Waals surface area contributed by atoms with E-state index in [-0.39, 0.29) is 0 Å². The molecule has 43 valence electrons. The van der Waals surface area contributed by atoms with Gasteiger partial charge in [0.15, 0.2) is 6.20 Å². The molecule has 1 radical (unpaired) electrons.